The highest BCUT2D eigenvalue weighted by molar-refractivity contribution is 7.80. The Balaban J connectivity index is 1.86. The van der Waals surface area contributed by atoms with E-state index >= 15 is 0 Å². The molecule has 2 rings (SSSR count). The summed E-state index contributed by atoms with van der Waals surface area (Å²) in [6.45, 7) is 0.489. The van der Waals surface area contributed by atoms with Crippen LogP contribution in [0.15, 0.2) is 34.9 Å². The SMILES string of the molecule is O=C(CCS)NCCc1nc(-c2ccccc2)no1. The second-order valence-electron chi connectivity index (χ2n) is 3.95. The monoisotopic (exact) mass is 277 g/mol. The summed E-state index contributed by atoms with van der Waals surface area (Å²) in [5.74, 6) is 1.62. The third-order valence-corrected chi connectivity index (χ3v) is 2.72. The van der Waals surface area contributed by atoms with Gasteiger partial charge in [-0.1, -0.05) is 35.5 Å². The van der Waals surface area contributed by atoms with Crippen molar-refractivity contribution in [2.24, 2.45) is 0 Å². The molecule has 6 heteroatoms. The summed E-state index contributed by atoms with van der Waals surface area (Å²) >= 11 is 3.99. The summed E-state index contributed by atoms with van der Waals surface area (Å²) in [6, 6.07) is 9.61. The maximum atomic E-state index is 11.2. The van der Waals surface area contributed by atoms with Crippen LogP contribution in [0.5, 0.6) is 0 Å². The number of carbonyl (C=O) groups is 1. The molecule has 0 aliphatic heterocycles. The number of amides is 1. The van der Waals surface area contributed by atoms with E-state index in [4.69, 9.17) is 4.52 Å². The van der Waals surface area contributed by atoms with Crippen LogP contribution >= 0.6 is 12.6 Å². The maximum Gasteiger partial charge on any atom is 0.228 e. The number of thiol groups is 1. The summed E-state index contributed by atoms with van der Waals surface area (Å²) < 4.78 is 5.13. The van der Waals surface area contributed by atoms with Crippen LogP contribution in [0, 0.1) is 0 Å². The van der Waals surface area contributed by atoms with Crippen LogP contribution in [0.3, 0.4) is 0 Å². The maximum absolute atomic E-state index is 11.2. The number of hydrogen-bond acceptors (Lipinski definition) is 5. The van der Waals surface area contributed by atoms with Gasteiger partial charge in [0.25, 0.3) is 0 Å². The second-order valence-corrected chi connectivity index (χ2v) is 4.40. The number of hydrogen-bond donors (Lipinski definition) is 2. The Morgan fingerprint density at radius 2 is 2.11 bits per heavy atom. The van der Waals surface area contributed by atoms with Gasteiger partial charge in [-0.15, -0.1) is 0 Å². The Morgan fingerprint density at radius 3 is 2.84 bits per heavy atom. The van der Waals surface area contributed by atoms with Gasteiger partial charge in [0.15, 0.2) is 0 Å². The van der Waals surface area contributed by atoms with Crippen molar-refractivity contribution < 1.29 is 9.32 Å². The van der Waals surface area contributed by atoms with E-state index in [0.717, 1.165) is 5.56 Å². The van der Waals surface area contributed by atoms with Crippen LogP contribution in [-0.2, 0) is 11.2 Å². The molecule has 1 aromatic carbocycles. The van der Waals surface area contributed by atoms with E-state index in [1.807, 2.05) is 30.3 Å². The molecule has 0 atom stereocenters. The van der Waals surface area contributed by atoms with Crippen LogP contribution in [-0.4, -0.2) is 28.3 Å². The van der Waals surface area contributed by atoms with Crippen molar-refractivity contribution in [2.75, 3.05) is 12.3 Å². The largest absolute Gasteiger partial charge is 0.356 e. The topological polar surface area (TPSA) is 68.0 Å². The molecule has 0 saturated heterocycles. The number of carbonyl (C=O) groups excluding carboxylic acids is 1. The highest BCUT2D eigenvalue weighted by atomic mass is 32.1. The quantitative estimate of drug-likeness (QED) is 0.789. The van der Waals surface area contributed by atoms with E-state index in [-0.39, 0.29) is 5.91 Å². The number of rotatable bonds is 6. The zero-order valence-electron chi connectivity index (χ0n) is 10.4. The molecule has 0 spiro atoms. The normalized spacial score (nSPS) is 10.4. The molecule has 0 aliphatic rings. The fraction of sp³-hybridized carbons (Fsp3) is 0.308. The highest BCUT2D eigenvalue weighted by Crippen LogP contribution is 2.14. The van der Waals surface area contributed by atoms with Crippen molar-refractivity contribution >= 4 is 18.5 Å². The molecule has 0 radical (unpaired) electrons. The smallest absolute Gasteiger partial charge is 0.228 e. The molecule has 0 saturated carbocycles. The van der Waals surface area contributed by atoms with Crippen molar-refractivity contribution in [3.8, 4) is 11.4 Å². The lowest BCUT2D eigenvalue weighted by Gasteiger charge is -2.00. The van der Waals surface area contributed by atoms with Crippen LogP contribution in [0.2, 0.25) is 0 Å². The van der Waals surface area contributed by atoms with Crippen molar-refractivity contribution in [3.05, 3.63) is 36.2 Å². The van der Waals surface area contributed by atoms with Crippen LogP contribution in [0.1, 0.15) is 12.3 Å². The fourth-order valence-corrected chi connectivity index (χ4v) is 1.76. The molecule has 0 aliphatic carbocycles. The van der Waals surface area contributed by atoms with Crippen LogP contribution in [0.4, 0.5) is 0 Å². The predicted octanol–water partition coefficient (Wildman–Crippen LogP) is 1.72. The molecule has 1 aromatic heterocycles. The molecule has 1 amide bonds. The fourth-order valence-electron chi connectivity index (χ4n) is 1.56. The van der Waals surface area contributed by atoms with E-state index in [1.165, 1.54) is 0 Å². The van der Waals surface area contributed by atoms with Crippen LogP contribution < -0.4 is 5.32 Å². The first kappa shape index (κ1) is 13.6. The number of nitrogens with zero attached hydrogens (tertiary/aromatic N) is 2. The number of nitrogens with one attached hydrogen (secondary N) is 1. The zero-order chi connectivity index (χ0) is 13.5. The van der Waals surface area contributed by atoms with Gasteiger partial charge in [-0.3, -0.25) is 4.79 Å². The van der Waals surface area contributed by atoms with E-state index in [0.29, 0.717) is 36.9 Å². The Hall–Kier alpha value is -1.82. The van der Waals surface area contributed by atoms with Gasteiger partial charge in [0, 0.05) is 24.9 Å². The summed E-state index contributed by atoms with van der Waals surface area (Å²) in [4.78, 5) is 15.5. The minimum Gasteiger partial charge on any atom is -0.356 e. The number of aromatic nitrogens is 2. The summed E-state index contributed by atoms with van der Waals surface area (Å²) in [5, 5.41) is 6.67. The average Bonchev–Trinajstić information content (AvgIpc) is 2.89. The van der Waals surface area contributed by atoms with Gasteiger partial charge in [0.1, 0.15) is 0 Å². The molecule has 0 unspecified atom stereocenters. The zero-order valence-corrected chi connectivity index (χ0v) is 11.3. The molecule has 1 N–H and O–H groups in total. The summed E-state index contributed by atoms with van der Waals surface area (Å²) in [7, 11) is 0. The Labute approximate surface area is 116 Å². The molecular weight excluding hydrogens is 262 g/mol. The van der Waals surface area contributed by atoms with Gasteiger partial charge in [0.05, 0.1) is 0 Å². The van der Waals surface area contributed by atoms with Crippen molar-refractivity contribution in [1.29, 1.82) is 0 Å². The number of benzene rings is 1. The highest BCUT2D eigenvalue weighted by Gasteiger charge is 2.08. The first-order valence-electron chi connectivity index (χ1n) is 6.05. The van der Waals surface area contributed by atoms with Gasteiger partial charge in [-0.05, 0) is 5.75 Å². The minimum absolute atomic E-state index is 0.0159. The van der Waals surface area contributed by atoms with E-state index in [2.05, 4.69) is 28.1 Å². The lowest BCUT2D eigenvalue weighted by molar-refractivity contribution is -0.120. The van der Waals surface area contributed by atoms with E-state index in [9.17, 15) is 4.79 Å². The summed E-state index contributed by atoms with van der Waals surface area (Å²) in [6.07, 6.45) is 0.945. The standard InChI is InChI=1S/C13H15N3O2S/c17-11(7-9-19)14-8-6-12-15-13(16-18-12)10-4-2-1-3-5-10/h1-5,19H,6-9H2,(H,14,17). The summed E-state index contributed by atoms with van der Waals surface area (Å²) in [5.41, 5.74) is 0.914. The Kier molecular flexibility index (Phi) is 4.97. The third-order valence-electron chi connectivity index (χ3n) is 2.50. The molecule has 2 aromatic rings. The van der Waals surface area contributed by atoms with Gasteiger partial charge in [-0.2, -0.15) is 17.6 Å². The minimum atomic E-state index is -0.0159. The van der Waals surface area contributed by atoms with Crippen LogP contribution in [0.25, 0.3) is 11.4 Å². The van der Waals surface area contributed by atoms with Gasteiger partial charge >= 0.3 is 0 Å². The first-order valence-corrected chi connectivity index (χ1v) is 6.68. The molecule has 19 heavy (non-hydrogen) atoms. The molecule has 0 bridgehead atoms. The van der Waals surface area contributed by atoms with Gasteiger partial charge in [-0.25, -0.2) is 0 Å². The molecule has 1 heterocycles. The van der Waals surface area contributed by atoms with Gasteiger partial charge in [0.2, 0.25) is 17.6 Å². The van der Waals surface area contributed by atoms with E-state index in [1.54, 1.807) is 0 Å². The third kappa shape index (κ3) is 4.10. The van der Waals surface area contributed by atoms with E-state index < -0.39 is 0 Å². The lowest BCUT2D eigenvalue weighted by atomic mass is 10.2. The predicted molar refractivity (Wildman–Crippen MR) is 74.9 cm³/mol. The molecule has 5 nitrogen and oxygen atoms in total. The molecular formula is C13H15N3O2S. The van der Waals surface area contributed by atoms with Crippen molar-refractivity contribution in [3.63, 3.8) is 0 Å². The second kappa shape index (κ2) is 6.94. The van der Waals surface area contributed by atoms with Crippen molar-refractivity contribution in [2.45, 2.75) is 12.8 Å². The lowest BCUT2D eigenvalue weighted by Crippen LogP contribution is -2.25. The molecule has 0 fully saturated rings. The Morgan fingerprint density at radius 1 is 1.32 bits per heavy atom. The average molecular weight is 277 g/mol. The molecule has 100 valence electrons. The van der Waals surface area contributed by atoms with Crippen molar-refractivity contribution in [1.82, 2.24) is 15.5 Å². The van der Waals surface area contributed by atoms with Gasteiger partial charge < -0.3 is 9.84 Å². The Bertz CT molecular complexity index is 528. The first-order chi connectivity index (χ1) is 9.29.